The molecule has 0 fully saturated rings. The zero-order valence-corrected chi connectivity index (χ0v) is 12.8. The Kier molecular flexibility index (Phi) is 5.78. The molecule has 0 atom stereocenters. The normalized spacial score (nSPS) is 10.6. The molecule has 110 valence electrons. The molecule has 0 aromatic heterocycles. The van der Waals surface area contributed by atoms with Gasteiger partial charge in [0.25, 0.3) is 5.91 Å². The fourth-order valence-electron chi connectivity index (χ4n) is 2.04. The molecule has 2 aromatic rings. The van der Waals surface area contributed by atoms with E-state index in [2.05, 4.69) is 22.3 Å². The summed E-state index contributed by atoms with van der Waals surface area (Å²) in [6, 6.07) is 17.2. The lowest BCUT2D eigenvalue weighted by Gasteiger charge is -2.17. The van der Waals surface area contributed by atoms with Gasteiger partial charge in [-0.1, -0.05) is 41.9 Å². The number of halogens is 1. The van der Waals surface area contributed by atoms with E-state index in [1.54, 1.807) is 24.3 Å². The molecular formula is C17H19ClN2O. The van der Waals surface area contributed by atoms with E-state index in [0.717, 1.165) is 13.1 Å². The van der Waals surface area contributed by atoms with Crippen molar-refractivity contribution in [1.29, 1.82) is 0 Å². The number of rotatable bonds is 6. The third-order valence-corrected chi connectivity index (χ3v) is 3.43. The van der Waals surface area contributed by atoms with Gasteiger partial charge >= 0.3 is 0 Å². The Morgan fingerprint density at radius 3 is 2.43 bits per heavy atom. The number of likely N-dealkylation sites (N-methyl/N-ethyl adjacent to an activating group) is 1. The highest BCUT2D eigenvalue weighted by Gasteiger charge is 2.05. The van der Waals surface area contributed by atoms with Crippen molar-refractivity contribution in [3.63, 3.8) is 0 Å². The highest BCUT2D eigenvalue weighted by molar-refractivity contribution is 6.30. The fraction of sp³-hybridized carbons (Fsp3) is 0.235. The van der Waals surface area contributed by atoms with Crippen LogP contribution in [0.3, 0.4) is 0 Å². The van der Waals surface area contributed by atoms with Crippen LogP contribution in [0.4, 0.5) is 0 Å². The molecule has 3 nitrogen and oxygen atoms in total. The Labute approximate surface area is 130 Å². The summed E-state index contributed by atoms with van der Waals surface area (Å²) in [6.07, 6.45) is 0. The predicted molar refractivity (Wildman–Crippen MR) is 86.6 cm³/mol. The lowest BCUT2D eigenvalue weighted by molar-refractivity contribution is 0.0949. The average Bonchev–Trinajstić information content (AvgIpc) is 2.49. The second-order valence-corrected chi connectivity index (χ2v) is 5.42. The quantitative estimate of drug-likeness (QED) is 0.889. The molecule has 1 N–H and O–H groups in total. The molecule has 0 saturated carbocycles. The molecule has 0 saturated heterocycles. The van der Waals surface area contributed by atoms with Gasteiger partial charge in [0.2, 0.25) is 0 Å². The van der Waals surface area contributed by atoms with Crippen LogP contribution in [-0.4, -0.2) is 30.9 Å². The number of nitrogens with zero attached hydrogens (tertiary/aromatic N) is 1. The van der Waals surface area contributed by atoms with Gasteiger partial charge in [0.1, 0.15) is 0 Å². The minimum absolute atomic E-state index is 0.0697. The minimum atomic E-state index is -0.0697. The van der Waals surface area contributed by atoms with Gasteiger partial charge in [-0.15, -0.1) is 0 Å². The van der Waals surface area contributed by atoms with Crippen molar-refractivity contribution < 1.29 is 4.79 Å². The lowest BCUT2D eigenvalue weighted by Crippen LogP contribution is -2.32. The summed E-state index contributed by atoms with van der Waals surface area (Å²) in [5.41, 5.74) is 1.90. The largest absolute Gasteiger partial charge is 0.351 e. The summed E-state index contributed by atoms with van der Waals surface area (Å²) in [6.45, 7) is 2.29. The third kappa shape index (κ3) is 5.21. The number of carbonyl (C=O) groups is 1. The smallest absolute Gasteiger partial charge is 0.251 e. The van der Waals surface area contributed by atoms with Crippen LogP contribution in [0.15, 0.2) is 54.6 Å². The van der Waals surface area contributed by atoms with Crippen molar-refractivity contribution in [1.82, 2.24) is 10.2 Å². The number of benzene rings is 2. The van der Waals surface area contributed by atoms with Gasteiger partial charge in [-0.2, -0.15) is 0 Å². The van der Waals surface area contributed by atoms with Crippen LogP contribution in [0.2, 0.25) is 5.02 Å². The summed E-state index contributed by atoms with van der Waals surface area (Å²) in [5.74, 6) is -0.0697. The van der Waals surface area contributed by atoms with Crippen molar-refractivity contribution in [2.75, 3.05) is 20.1 Å². The standard InChI is InChI=1S/C17H19ClN2O/c1-20(13-14-5-3-2-4-6-14)12-11-19-17(21)15-7-9-16(18)10-8-15/h2-10H,11-13H2,1H3,(H,19,21). The van der Waals surface area contributed by atoms with Crippen LogP contribution in [-0.2, 0) is 6.54 Å². The van der Waals surface area contributed by atoms with Crippen LogP contribution in [0.25, 0.3) is 0 Å². The van der Waals surface area contributed by atoms with E-state index < -0.39 is 0 Å². The minimum Gasteiger partial charge on any atom is -0.351 e. The van der Waals surface area contributed by atoms with Gasteiger partial charge in [0.15, 0.2) is 0 Å². The van der Waals surface area contributed by atoms with Crippen molar-refractivity contribution in [2.24, 2.45) is 0 Å². The number of amides is 1. The molecule has 1 amide bonds. The Bertz CT molecular complexity index is 569. The van der Waals surface area contributed by atoms with E-state index >= 15 is 0 Å². The SMILES string of the molecule is CN(CCNC(=O)c1ccc(Cl)cc1)Cc1ccccc1. The second-order valence-electron chi connectivity index (χ2n) is 4.99. The molecule has 2 aromatic carbocycles. The number of nitrogens with one attached hydrogen (secondary N) is 1. The number of hydrogen-bond acceptors (Lipinski definition) is 2. The topological polar surface area (TPSA) is 32.3 Å². The molecule has 21 heavy (non-hydrogen) atoms. The molecule has 0 radical (unpaired) electrons. The summed E-state index contributed by atoms with van der Waals surface area (Å²) in [7, 11) is 2.04. The number of hydrogen-bond donors (Lipinski definition) is 1. The summed E-state index contributed by atoms with van der Waals surface area (Å²) >= 11 is 5.80. The van der Waals surface area contributed by atoms with Gasteiger partial charge in [-0.3, -0.25) is 4.79 Å². The van der Waals surface area contributed by atoms with Crippen molar-refractivity contribution in [2.45, 2.75) is 6.54 Å². The molecule has 0 aliphatic rings. The van der Waals surface area contributed by atoms with Gasteiger partial charge in [-0.25, -0.2) is 0 Å². The molecule has 0 aliphatic carbocycles. The maximum atomic E-state index is 11.9. The van der Waals surface area contributed by atoms with Crippen molar-refractivity contribution in [3.05, 3.63) is 70.7 Å². The van der Waals surface area contributed by atoms with Crippen LogP contribution in [0.1, 0.15) is 15.9 Å². The molecule has 0 heterocycles. The maximum Gasteiger partial charge on any atom is 0.251 e. The molecule has 4 heteroatoms. The first kappa shape index (κ1) is 15.5. The molecule has 2 rings (SSSR count). The predicted octanol–water partition coefficient (Wildman–Crippen LogP) is 3.20. The van der Waals surface area contributed by atoms with Crippen LogP contribution < -0.4 is 5.32 Å². The van der Waals surface area contributed by atoms with E-state index in [1.165, 1.54) is 5.56 Å². The van der Waals surface area contributed by atoms with E-state index in [-0.39, 0.29) is 5.91 Å². The van der Waals surface area contributed by atoms with Crippen LogP contribution in [0.5, 0.6) is 0 Å². The highest BCUT2D eigenvalue weighted by Crippen LogP contribution is 2.09. The average molecular weight is 303 g/mol. The maximum absolute atomic E-state index is 11.9. The van der Waals surface area contributed by atoms with Gasteiger partial charge in [-0.05, 0) is 36.9 Å². The van der Waals surface area contributed by atoms with Gasteiger partial charge in [0.05, 0.1) is 0 Å². The first-order valence-corrected chi connectivity index (χ1v) is 7.29. The molecule has 0 unspecified atom stereocenters. The van der Waals surface area contributed by atoms with Gasteiger partial charge < -0.3 is 10.2 Å². The van der Waals surface area contributed by atoms with Crippen molar-refractivity contribution >= 4 is 17.5 Å². The Morgan fingerprint density at radius 2 is 1.76 bits per heavy atom. The van der Waals surface area contributed by atoms with Gasteiger partial charge in [0, 0.05) is 30.2 Å². The van der Waals surface area contributed by atoms with Crippen molar-refractivity contribution in [3.8, 4) is 0 Å². The van der Waals surface area contributed by atoms with E-state index in [0.29, 0.717) is 17.1 Å². The summed E-state index contributed by atoms with van der Waals surface area (Å²) < 4.78 is 0. The lowest BCUT2D eigenvalue weighted by atomic mass is 10.2. The fourth-order valence-corrected chi connectivity index (χ4v) is 2.16. The Hall–Kier alpha value is -1.84. The van der Waals surface area contributed by atoms with Crippen LogP contribution >= 0.6 is 11.6 Å². The Morgan fingerprint density at radius 1 is 1.10 bits per heavy atom. The molecular weight excluding hydrogens is 284 g/mol. The summed E-state index contributed by atoms with van der Waals surface area (Å²) in [5, 5.41) is 3.54. The first-order valence-electron chi connectivity index (χ1n) is 6.91. The second kappa shape index (κ2) is 7.81. The van der Waals surface area contributed by atoms with Crippen LogP contribution in [0, 0.1) is 0 Å². The first-order chi connectivity index (χ1) is 10.1. The molecule has 0 spiro atoms. The van der Waals surface area contributed by atoms with E-state index in [4.69, 9.17) is 11.6 Å². The monoisotopic (exact) mass is 302 g/mol. The molecule has 0 bridgehead atoms. The van der Waals surface area contributed by atoms with E-state index in [9.17, 15) is 4.79 Å². The zero-order valence-electron chi connectivity index (χ0n) is 12.1. The number of carbonyl (C=O) groups excluding carboxylic acids is 1. The highest BCUT2D eigenvalue weighted by atomic mass is 35.5. The molecule has 0 aliphatic heterocycles. The summed E-state index contributed by atoms with van der Waals surface area (Å²) in [4.78, 5) is 14.1. The Balaban J connectivity index is 1.73. The third-order valence-electron chi connectivity index (χ3n) is 3.18. The van der Waals surface area contributed by atoms with E-state index in [1.807, 2.05) is 25.2 Å². The zero-order chi connectivity index (χ0) is 15.1.